The lowest BCUT2D eigenvalue weighted by Crippen LogP contribution is -2.29. The number of aromatic nitrogens is 3. The molecule has 4 rings (SSSR count). The van der Waals surface area contributed by atoms with Crippen molar-refractivity contribution >= 4 is 17.5 Å². The van der Waals surface area contributed by atoms with Gasteiger partial charge in [-0.3, -0.25) is 9.78 Å². The van der Waals surface area contributed by atoms with Gasteiger partial charge in [-0.1, -0.05) is 32.3 Å². The average molecular weight is 452 g/mol. The van der Waals surface area contributed by atoms with Gasteiger partial charge in [0.05, 0.1) is 17.4 Å². The molecule has 0 aromatic carbocycles. The van der Waals surface area contributed by atoms with E-state index in [0.29, 0.717) is 18.2 Å². The average Bonchev–Trinajstić information content (AvgIpc) is 3.37. The Bertz CT molecular complexity index is 903. The van der Waals surface area contributed by atoms with Gasteiger partial charge in [0.15, 0.2) is 0 Å². The Morgan fingerprint density at radius 3 is 2.55 bits per heavy atom. The second-order valence-corrected chi connectivity index (χ2v) is 9.56. The minimum absolute atomic E-state index is 0.194. The number of nitrogens with zero attached hydrogens (tertiary/aromatic N) is 3. The minimum atomic E-state index is -0.194. The molecule has 2 aromatic rings. The summed E-state index contributed by atoms with van der Waals surface area (Å²) < 4.78 is 0. The van der Waals surface area contributed by atoms with E-state index in [1.54, 1.807) is 0 Å². The summed E-state index contributed by atoms with van der Waals surface area (Å²) in [5.74, 6) is 1.96. The molecule has 2 saturated carbocycles. The van der Waals surface area contributed by atoms with Crippen LogP contribution < -0.4 is 10.6 Å². The van der Waals surface area contributed by atoms with Crippen molar-refractivity contribution in [1.82, 2.24) is 15.0 Å². The van der Waals surface area contributed by atoms with Crippen LogP contribution in [0.1, 0.15) is 76.7 Å². The normalized spacial score (nSPS) is 21.2. The molecular weight excluding hydrogens is 414 g/mol. The molecule has 0 unspecified atom stereocenters. The zero-order chi connectivity index (χ0) is 23.0. The van der Waals surface area contributed by atoms with E-state index in [9.17, 15) is 9.90 Å². The number of aliphatic hydroxyl groups is 1. The van der Waals surface area contributed by atoms with Crippen molar-refractivity contribution < 1.29 is 9.90 Å². The van der Waals surface area contributed by atoms with Gasteiger partial charge in [0.25, 0.3) is 0 Å². The Labute approximate surface area is 196 Å². The number of rotatable bonds is 10. The molecule has 0 bridgehead atoms. The van der Waals surface area contributed by atoms with Gasteiger partial charge in [0, 0.05) is 37.3 Å². The molecule has 2 aliphatic rings. The number of aliphatic hydroxyl groups excluding tert-OH is 1. The van der Waals surface area contributed by atoms with Gasteiger partial charge in [-0.2, -0.15) is 4.98 Å². The fraction of sp³-hybridized carbons (Fsp3) is 0.615. The smallest absolute Gasteiger partial charge is 0.224 e. The van der Waals surface area contributed by atoms with Crippen LogP contribution in [0.2, 0.25) is 0 Å². The lowest BCUT2D eigenvalue weighted by molar-refractivity contribution is -0.122. The van der Waals surface area contributed by atoms with Gasteiger partial charge < -0.3 is 15.7 Å². The molecule has 178 valence electrons. The van der Waals surface area contributed by atoms with Gasteiger partial charge in [-0.25, -0.2) is 4.98 Å². The van der Waals surface area contributed by atoms with E-state index in [1.807, 2.05) is 24.5 Å². The van der Waals surface area contributed by atoms with Crippen molar-refractivity contribution in [1.29, 1.82) is 0 Å². The number of Topliss-reactive ketones (excluding diaryl/α,β-unsaturated/α-hetero) is 1. The van der Waals surface area contributed by atoms with Crippen LogP contribution in [0.3, 0.4) is 0 Å². The van der Waals surface area contributed by atoms with E-state index in [2.05, 4.69) is 27.5 Å². The maximum Gasteiger partial charge on any atom is 0.224 e. The summed E-state index contributed by atoms with van der Waals surface area (Å²) in [4.78, 5) is 26.5. The Morgan fingerprint density at radius 1 is 1.06 bits per heavy atom. The van der Waals surface area contributed by atoms with Crippen molar-refractivity contribution in [3.63, 3.8) is 0 Å². The summed E-state index contributed by atoms with van der Waals surface area (Å²) in [7, 11) is 0. The number of carbonyl (C=O) groups excluding carboxylic acids is 1. The number of hydrogen-bond donors (Lipinski definition) is 3. The summed E-state index contributed by atoms with van der Waals surface area (Å²) in [6.45, 7) is 3.00. The quantitative estimate of drug-likeness (QED) is 0.448. The second-order valence-electron chi connectivity index (χ2n) is 9.56. The summed E-state index contributed by atoms with van der Waals surface area (Å²) in [6, 6.07) is 4.24. The zero-order valence-corrected chi connectivity index (χ0v) is 19.7. The lowest BCUT2D eigenvalue weighted by atomic mass is 9.93. The van der Waals surface area contributed by atoms with Crippen molar-refractivity contribution in [2.45, 2.75) is 89.7 Å². The highest BCUT2D eigenvalue weighted by atomic mass is 16.3. The molecule has 7 heteroatoms. The van der Waals surface area contributed by atoms with Crippen LogP contribution in [-0.4, -0.2) is 44.5 Å². The van der Waals surface area contributed by atoms with Gasteiger partial charge in [0.2, 0.25) is 5.95 Å². The third kappa shape index (κ3) is 6.50. The number of ketones is 1. The Morgan fingerprint density at radius 2 is 1.85 bits per heavy atom. The number of unbranched alkanes of at least 4 members (excludes halogenated alkanes) is 1. The van der Waals surface area contributed by atoms with Gasteiger partial charge in [0.1, 0.15) is 11.6 Å². The molecular formula is C26H37N5O2. The first-order valence-corrected chi connectivity index (χ1v) is 12.7. The number of hydrogen-bond acceptors (Lipinski definition) is 7. The molecule has 3 N–H and O–H groups in total. The van der Waals surface area contributed by atoms with Crippen molar-refractivity contribution in [3.8, 4) is 11.3 Å². The minimum Gasteiger partial charge on any atom is -0.393 e. The first-order valence-electron chi connectivity index (χ1n) is 12.7. The highest BCUT2D eigenvalue weighted by Gasteiger charge is 2.23. The molecule has 2 heterocycles. The number of carbonyl (C=O) groups is 1. The number of anilines is 2. The van der Waals surface area contributed by atoms with Crippen LogP contribution in [0.4, 0.5) is 11.8 Å². The maximum atomic E-state index is 12.5. The van der Waals surface area contributed by atoms with Gasteiger partial charge in [-0.05, 0) is 56.6 Å². The summed E-state index contributed by atoms with van der Waals surface area (Å²) >= 11 is 0. The third-order valence-electron chi connectivity index (χ3n) is 6.93. The molecule has 7 nitrogen and oxygen atoms in total. The Balaban J connectivity index is 1.50. The zero-order valence-electron chi connectivity index (χ0n) is 19.7. The first-order chi connectivity index (χ1) is 16.1. The molecule has 0 atom stereocenters. The highest BCUT2D eigenvalue weighted by Crippen LogP contribution is 2.30. The third-order valence-corrected chi connectivity index (χ3v) is 6.93. The Kier molecular flexibility index (Phi) is 8.26. The van der Waals surface area contributed by atoms with Crippen LogP contribution in [-0.2, 0) is 11.2 Å². The fourth-order valence-corrected chi connectivity index (χ4v) is 4.84. The summed E-state index contributed by atoms with van der Waals surface area (Å²) in [5, 5.41) is 16.7. The van der Waals surface area contributed by atoms with Crippen molar-refractivity contribution in [2.24, 2.45) is 5.92 Å². The van der Waals surface area contributed by atoms with E-state index >= 15 is 0 Å². The molecule has 2 aliphatic carbocycles. The SMILES string of the molecule is CCCCNc1ncc(-c2ccc(CC(=O)C3CCCC3)cn2)c(NC2CCC(O)CC2)n1. The molecule has 0 spiro atoms. The molecule has 33 heavy (non-hydrogen) atoms. The fourth-order valence-electron chi connectivity index (χ4n) is 4.84. The van der Waals surface area contributed by atoms with Crippen LogP contribution in [0.15, 0.2) is 24.5 Å². The monoisotopic (exact) mass is 451 g/mol. The van der Waals surface area contributed by atoms with Crippen LogP contribution in [0, 0.1) is 5.92 Å². The second kappa shape index (κ2) is 11.5. The predicted molar refractivity (Wildman–Crippen MR) is 131 cm³/mol. The maximum absolute atomic E-state index is 12.5. The molecule has 2 aromatic heterocycles. The molecule has 0 amide bonds. The van der Waals surface area contributed by atoms with E-state index < -0.39 is 0 Å². The van der Waals surface area contributed by atoms with Crippen molar-refractivity contribution in [3.05, 3.63) is 30.1 Å². The topological polar surface area (TPSA) is 100 Å². The van der Waals surface area contributed by atoms with Gasteiger partial charge >= 0.3 is 0 Å². The predicted octanol–water partition coefficient (Wildman–Crippen LogP) is 4.77. The van der Waals surface area contributed by atoms with E-state index in [-0.39, 0.29) is 18.1 Å². The molecule has 0 aliphatic heterocycles. The largest absolute Gasteiger partial charge is 0.393 e. The van der Waals surface area contributed by atoms with E-state index in [0.717, 1.165) is 80.6 Å². The van der Waals surface area contributed by atoms with Crippen LogP contribution in [0.5, 0.6) is 0 Å². The molecule has 2 fully saturated rings. The molecule has 0 saturated heterocycles. The Hall–Kier alpha value is -2.54. The number of nitrogens with one attached hydrogen (secondary N) is 2. The van der Waals surface area contributed by atoms with Crippen molar-refractivity contribution in [2.75, 3.05) is 17.2 Å². The van der Waals surface area contributed by atoms with E-state index in [1.165, 1.54) is 12.8 Å². The summed E-state index contributed by atoms with van der Waals surface area (Å²) in [5.41, 5.74) is 2.62. The van der Waals surface area contributed by atoms with Gasteiger partial charge in [-0.15, -0.1) is 0 Å². The standard InChI is InChI=1S/C26H37N5O2/c1-2-3-14-27-26-29-17-22(25(31-26)30-20-9-11-21(32)12-10-20)23-13-8-18(16-28-23)15-24(33)19-6-4-5-7-19/h8,13,16-17,19-21,32H,2-7,9-12,14-15H2,1H3,(H2,27,29,30,31). The summed E-state index contributed by atoms with van der Waals surface area (Å²) in [6.07, 6.45) is 14.0. The molecule has 0 radical (unpaired) electrons. The highest BCUT2D eigenvalue weighted by molar-refractivity contribution is 5.83. The van der Waals surface area contributed by atoms with E-state index in [4.69, 9.17) is 4.98 Å². The van der Waals surface area contributed by atoms with Crippen LogP contribution >= 0.6 is 0 Å². The lowest BCUT2D eigenvalue weighted by Gasteiger charge is -2.27. The number of pyridine rings is 1. The van der Waals surface area contributed by atoms with Crippen LogP contribution in [0.25, 0.3) is 11.3 Å². The first kappa shape index (κ1) is 23.6.